The van der Waals surface area contributed by atoms with Crippen LogP contribution in [-0.2, 0) is 0 Å². The number of carbonyl (C=O) groups excluding carboxylic acids is 1. The maximum absolute atomic E-state index is 12.3. The molecule has 2 aromatic carbocycles. The van der Waals surface area contributed by atoms with Gasteiger partial charge >= 0.3 is 6.03 Å². The van der Waals surface area contributed by atoms with Crippen molar-refractivity contribution < 1.29 is 4.79 Å². The summed E-state index contributed by atoms with van der Waals surface area (Å²) in [5.41, 5.74) is 7.82. The molecule has 31 heavy (non-hydrogen) atoms. The lowest BCUT2D eigenvalue weighted by atomic mass is 9.75. The van der Waals surface area contributed by atoms with Gasteiger partial charge in [0.1, 0.15) is 0 Å². The van der Waals surface area contributed by atoms with Crippen LogP contribution in [0.3, 0.4) is 0 Å². The molecule has 2 atom stereocenters. The van der Waals surface area contributed by atoms with Crippen LogP contribution in [0.2, 0.25) is 0 Å². The third kappa shape index (κ3) is 3.87. The summed E-state index contributed by atoms with van der Waals surface area (Å²) in [7, 11) is 0. The summed E-state index contributed by atoms with van der Waals surface area (Å²) >= 11 is 0. The number of hydrogen-bond acceptors (Lipinski definition) is 2. The van der Waals surface area contributed by atoms with Crippen molar-refractivity contribution in [3.63, 3.8) is 0 Å². The minimum atomic E-state index is -0.136. The van der Waals surface area contributed by atoms with E-state index in [1.165, 1.54) is 28.0 Å². The highest BCUT2D eigenvalue weighted by Crippen LogP contribution is 2.50. The van der Waals surface area contributed by atoms with Crippen molar-refractivity contribution >= 4 is 17.4 Å². The molecule has 160 valence electrons. The van der Waals surface area contributed by atoms with Gasteiger partial charge in [0, 0.05) is 42.8 Å². The predicted molar refractivity (Wildman–Crippen MR) is 128 cm³/mol. The standard InChI is InChI=1S/C27H31N3O/c1-2-28-27(31)29-21-17-24-22(19-9-5-3-6-10-19)13-15-30-16-14-23(25(18-21)26(24)30)20-11-7-4-8-12-20/h3,5-7,9-12,17-18,22-23H,2,4,8,13-16H2,1H3,(H2,28,29,31). The summed E-state index contributed by atoms with van der Waals surface area (Å²) in [6, 6.07) is 15.1. The van der Waals surface area contributed by atoms with Gasteiger partial charge in [0.15, 0.2) is 0 Å². The number of hydrogen-bond donors (Lipinski definition) is 2. The van der Waals surface area contributed by atoms with Gasteiger partial charge < -0.3 is 15.5 Å². The number of nitrogens with zero attached hydrogens (tertiary/aromatic N) is 1. The monoisotopic (exact) mass is 413 g/mol. The van der Waals surface area contributed by atoms with Gasteiger partial charge in [-0.05, 0) is 67.0 Å². The number of benzene rings is 2. The number of carbonyl (C=O) groups is 1. The summed E-state index contributed by atoms with van der Waals surface area (Å²) < 4.78 is 0. The van der Waals surface area contributed by atoms with Crippen LogP contribution >= 0.6 is 0 Å². The fourth-order valence-corrected chi connectivity index (χ4v) is 5.47. The van der Waals surface area contributed by atoms with E-state index in [4.69, 9.17) is 0 Å². The van der Waals surface area contributed by atoms with E-state index in [9.17, 15) is 4.79 Å². The highest BCUT2D eigenvalue weighted by molar-refractivity contribution is 5.90. The Balaban J connectivity index is 1.63. The number of amides is 2. The number of rotatable bonds is 4. The average molecular weight is 414 g/mol. The van der Waals surface area contributed by atoms with Gasteiger partial charge in [0.05, 0.1) is 0 Å². The normalized spacial score (nSPS) is 21.8. The molecule has 0 fully saturated rings. The van der Waals surface area contributed by atoms with Crippen molar-refractivity contribution in [2.75, 3.05) is 29.9 Å². The van der Waals surface area contributed by atoms with E-state index in [0.717, 1.165) is 44.5 Å². The lowest BCUT2D eigenvalue weighted by Gasteiger charge is -2.43. The summed E-state index contributed by atoms with van der Waals surface area (Å²) in [6.45, 7) is 4.74. The fourth-order valence-electron chi connectivity index (χ4n) is 5.47. The van der Waals surface area contributed by atoms with Crippen LogP contribution in [0.25, 0.3) is 0 Å². The van der Waals surface area contributed by atoms with Crippen LogP contribution < -0.4 is 15.5 Å². The summed E-state index contributed by atoms with van der Waals surface area (Å²) in [5, 5.41) is 5.96. The minimum absolute atomic E-state index is 0.136. The Labute approximate surface area is 185 Å². The molecular weight excluding hydrogens is 382 g/mol. The minimum Gasteiger partial charge on any atom is -0.371 e. The third-order valence-corrected chi connectivity index (χ3v) is 6.83. The van der Waals surface area contributed by atoms with Crippen molar-refractivity contribution in [2.24, 2.45) is 0 Å². The molecule has 2 amide bonds. The van der Waals surface area contributed by atoms with Gasteiger partial charge in [-0.3, -0.25) is 0 Å². The smallest absolute Gasteiger partial charge is 0.319 e. The van der Waals surface area contributed by atoms with Crippen molar-refractivity contribution in [3.8, 4) is 0 Å². The van der Waals surface area contributed by atoms with Gasteiger partial charge in [-0.2, -0.15) is 0 Å². The maximum Gasteiger partial charge on any atom is 0.319 e. The van der Waals surface area contributed by atoms with E-state index in [1.807, 2.05) is 6.92 Å². The van der Waals surface area contributed by atoms with Crippen LogP contribution in [0.15, 0.2) is 66.3 Å². The Kier molecular flexibility index (Phi) is 5.54. The quantitative estimate of drug-likeness (QED) is 0.652. The van der Waals surface area contributed by atoms with Gasteiger partial charge in [-0.25, -0.2) is 4.79 Å². The van der Waals surface area contributed by atoms with Crippen LogP contribution in [0.4, 0.5) is 16.2 Å². The maximum atomic E-state index is 12.3. The van der Waals surface area contributed by atoms with Crippen LogP contribution in [0.1, 0.15) is 61.1 Å². The van der Waals surface area contributed by atoms with E-state index < -0.39 is 0 Å². The van der Waals surface area contributed by atoms with Crippen molar-refractivity contribution in [1.82, 2.24) is 5.32 Å². The van der Waals surface area contributed by atoms with Crippen LogP contribution in [-0.4, -0.2) is 25.7 Å². The van der Waals surface area contributed by atoms with Crippen molar-refractivity contribution in [1.29, 1.82) is 0 Å². The fraction of sp³-hybridized carbons (Fsp3) is 0.370. The number of nitrogens with one attached hydrogen (secondary N) is 2. The van der Waals surface area contributed by atoms with Crippen molar-refractivity contribution in [3.05, 3.63) is 83.0 Å². The molecule has 3 aliphatic rings. The zero-order valence-corrected chi connectivity index (χ0v) is 18.2. The molecule has 2 unspecified atom stereocenters. The van der Waals surface area contributed by atoms with Gasteiger partial charge in [-0.15, -0.1) is 0 Å². The van der Waals surface area contributed by atoms with Gasteiger partial charge in [-0.1, -0.05) is 48.6 Å². The molecule has 0 radical (unpaired) electrons. The third-order valence-electron chi connectivity index (χ3n) is 6.83. The first-order valence-corrected chi connectivity index (χ1v) is 11.6. The SMILES string of the molecule is CCNC(=O)Nc1cc2c3c(c1)C(c1ccccc1)CCN3CCC2C1=CCCC=C1. The average Bonchev–Trinajstić information content (AvgIpc) is 2.81. The van der Waals surface area contributed by atoms with E-state index in [0.29, 0.717) is 18.4 Å². The predicted octanol–water partition coefficient (Wildman–Crippen LogP) is 5.93. The Morgan fingerprint density at radius 3 is 2.48 bits per heavy atom. The number of urea groups is 1. The molecule has 2 heterocycles. The Bertz CT molecular complexity index is 1020. The van der Waals surface area contributed by atoms with E-state index in [1.54, 1.807) is 0 Å². The Morgan fingerprint density at radius 1 is 1.03 bits per heavy atom. The van der Waals surface area contributed by atoms with Gasteiger partial charge in [0.25, 0.3) is 0 Å². The lowest BCUT2D eigenvalue weighted by Crippen LogP contribution is -2.38. The molecule has 0 saturated heterocycles. The Hall–Kier alpha value is -3.01. The molecule has 0 spiro atoms. The Morgan fingerprint density at radius 2 is 1.77 bits per heavy atom. The molecule has 4 nitrogen and oxygen atoms in total. The molecule has 2 aliphatic heterocycles. The van der Waals surface area contributed by atoms with Crippen LogP contribution in [0.5, 0.6) is 0 Å². The largest absolute Gasteiger partial charge is 0.371 e. The van der Waals surface area contributed by atoms with Gasteiger partial charge in [0.2, 0.25) is 0 Å². The highest BCUT2D eigenvalue weighted by Gasteiger charge is 2.35. The highest BCUT2D eigenvalue weighted by atomic mass is 16.2. The number of allylic oxidation sites excluding steroid dienone is 4. The first kappa shape index (κ1) is 19.9. The molecular formula is C27H31N3O. The molecule has 0 saturated carbocycles. The van der Waals surface area contributed by atoms with E-state index >= 15 is 0 Å². The molecule has 0 bridgehead atoms. The first-order valence-electron chi connectivity index (χ1n) is 11.6. The topological polar surface area (TPSA) is 44.4 Å². The summed E-state index contributed by atoms with van der Waals surface area (Å²) in [4.78, 5) is 14.9. The zero-order chi connectivity index (χ0) is 21.2. The summed E-state index contributed by atoms with van der Waals surface area (Å²) in [5.74, 6) is 0.754. The first-order chi connectivity index (χ1) is 15.2. The number of anilines is 2. The second kappa shape index (κ2) is 8.62. The molecule has 2 N–H and O–H groups in total. The molecule has 4 heteroatoms. The molecule has 5 rings (SSSR count). The zero-order valence-electron chi connectivity index (χ0n) is 18.2. The van der Waals surface area contributed by atoms with E-state index in [2.05, 4.69) is 76.2 Å². The second-order valence-electron chi connectivity index (χ2n) is 8.75. The second-order valence-corrected chi connectivity index (χ2v) is 8.75. The molecule has 2 aromatic rings. The van der Waals surface area contributed by atoms with Crippen molar-refractivity contribution in [2.45, 2.75) is 44.4 Å². The van der Waals surface area contributed by atoms with Crippen LogP contribution in [0, 0.1) is 0 Å². The van der Waals surface area contributed by atoms with E-state index in [-0.39, 0.29) is 6.03 Å². The summed E-state index contributed by atoms with van der Waals surface area (Å²) in [6.07, 6.45) is 11.5. The lowest BCUT2D eigenvalue weighted by molar-refractivity contribution is 0.252. The molecule has 0 aromatic heterocycles. The molecule has 1 aliphatic carbocycles.